The van der Waals surface area contributed by atoms with Crippen LogP contribution in [0.5, 0.6) is 0 Å². The van der Waals surface area contributed by atoms with Gasteiger partial charge < -0.3 is 9.67 Å². The molecule has 0 aliphatic rings. The summed E-state index contributed by atoms with van der Waals surface area (Å²) < 4.78 is 15.4. The standard InChI is InChI=1S/C12H12ClFN2OS/c1-16-9(6-17)5-15-12(16)18-7-8-3-2-4-10(13)11(8)14/h2-5,17H,6-7H2,1H3. The fourth-order valence-electron chi connectivity index (χ4n) is 1.51. The Balaban J connectivity index is 2.11. The molecule has 0 unspecified atom stereocenters. The van der Waals surface area contributed by atoms with Crippen LogP contribution < -0.4 is 0 Å². The lowest BCUT2D eigenvalue weighted by Gasteiger charge is -2.05. The van der Waals surface area contributed by atoms with Crippen LogP contribution >= 0.6 is 23.4 Å². The molecule has 0 saturated carbocycles. The van der Waals surface area contributed by atoms with E-state index in [-0.39, 0.29) is 17.4 Å². The second-order valence-electron chi connectivity index (χ2n) is 3.75. The fraction of sp³-hybridized carbons (Fsp3) is 0.250. The quantitative estimate of drug-likeness (QED) is 0.878. The second-order valence-corrected chi connectivity index (χ2v) is 5.10. The van der Waals surface area contributed by atoms with Crippen molar-refractivity contribution < 1.29 is 9.50 Å². The van der Waals surface area contributed by atoms with Crippen molar-refractivity contribution in [3.8, 4) is 0 Å². The SMILES string of the molecule is Cn1c(CO)cnc1SCc1cccc(Cl)c1F. The largest absolute Gasteiger partial charge is 0.390 e. The Hall–Kier alpha value is -1.04. The number of rotatable bonds is 4. The Morgan fingerprint density at radius 1 is 1.50 bits per heavy atom. The first kappa shape index (κ1) is 13.4. The van der Waals surface area contributed by atoms with E-state index in [9.17, 15) is 4.39 Å². The Bertz CT molecular complexity index is 559. The van der Waals surface area contributed by atoms with E-state index in [1.165, 1.54) is 17.8 Å². The molecule has 0 bridgehead atoms. The van der Waals surface area contributed by atoms with Crippen LogP contribution in [0.1, 0.15) is 11.3 Å². The predicted octanol–water partition coefficient (Wildman–Crippen LogP) is 3.00. The number of imidazole rings is 1. The van der Waals surface area contributed by atoms with Gasteiger partial charge in [-0.3, -0.25) is 0 Å². The van der Waals surface area contributed by atoms with Crippen LogP contribution in [0, 0.1) is 5.82 Å². The summed E-state index contributed by atoms with van der Waals surface area (Å²) in [6.45, 7) is -0.0599. The smallest absolute Gasteiger partial charge is 0.168 e. The molecule has 0 saturated heterocycles. The summed E-state index contributed by atoms with van der Waals surface area (Å²) >= 11 is 7.12. The van der Waals surface area contributed by atoms with E-state index in [1.807, 2.05) is 7.05 Å². The summed E-state index contributed by atoms with van der Waals surface area (Å²) in [5, 5.41) is 9.91. The molecule has 0 amide bonds. The molecule has 1 aromatic heterocycles. The molecule has 1 N–H and O–H groups in total. The van der Waals surface area contributed by atoms with Crippen molar-refractivity contribution in [3.05, 3.63) is 46.5 Å². The lowest BCUT2D eigenvalue weighted by molar-refractivity contribution is 0.271. The van der Waals surface area contributed by atoms with Gasteiger partial charge in [-0.25, -0.2) is 9.37 Å². The van der Waals surface area contributed by atoms with Crippen molar-refractivity contribution in [2.24, 2.45) is 7.05 Å². The zero-order chi connectivity index (χ0) is 13.1. The van der Waals surface area contributed by atoms with E-state index < -0.39 is 0 Å². The third-order valence-corrected chi connectivity index (χ3v) is 3.98. The van der Waals surface area contributed by atoms with Crippen LogP contribution in [0.15, 0.2) is 29.6 Å². The fourth-order valence-corrected chi connectivity index (χ4v) is 2.65. The van der Waals surface area contributed by atoms with Crippen molar-refractivity contribution in [2.75, 3.05) is 0 Å². The number of halogens is 2. The first-order valence-electron chi connectivity index (χ1n) is 5.30. The van der Waals surface area contributed by atoms with Crippen LogP contribution in [0.4, 0.5) is 4.39 Å². The molecular weight excluding hydrogens is 275 g/mol. The number of aliphatic hydroxyl groups excluding tert-OH is 1. The predicted molar refractivity (Wildman–Crippen MR) is 70.1 cm³/mol. The minimum absolute atomic E-state index is 0.0599. The van der Waals surface area contributed by atoms with Gasteiger partial charge in [0, 0.05) is 12.8 Å². The second kappa shape index (κ2) is 5.73. The molecule has 0 aliphatic heterocycles. The highest BCUT2D eigenvalue weighted by molar-refractivity contribution is 7.98. The molecule has 1 aromatic carbocycles. The summed E-state index contributed by atoms with van der Waals surface area (Å²) in [6.07, 6.45) is 1.61. The van der Waals surface area contributed by atoms with Gasteiger partial charge in [-0.05, 0) is 11.6 Å². The number of nitrogens with zero attached hydrogens (tertiary/aromatic N) is 2. The van der Waals surface area contributed by atoms with E-state index in [1.54, 1.807) is 22.9 Å². The minimum atomic E-state index is -0.386. The van der Waals surface area contributed by atoms with Gasteiger partial charge in [0.25, 0.3) is 0 Å². The van der Waals surface area contributed by atoms with Crippen LogP contribution in [-0.4, -0.2) is 14.7 Å². The molecular formula is C12H12ClFN2OS. The molecule has 0 spiro atoms. The zero-order valence-electron chi connectivity index (χ0n) is 9.73. The van der Waals surface area contributed by atoms with Crippen molar-refractivity contribution in [2.45, 2.75) is 17.5 Å². The van der Waals surface area contributed by atoms with Crippen LogP contribution in [0.3, 0.4) is 0 Å². The monoisotopic (exact) mass is 286 g/mol. The zero-order valence-corrected chi connectivity index (χ0v) is 11.3. The molecule has 1 heterocycles. The summed E-state index contributed by atoms with van der Waals surface area (Å²) in [5.74, 6) is 0.0607. The molecule has 3 nitrogen and oxygen atoms in total. The van der Waals surface area contributed by atoms with Gasteiger partial charge in [-0.15, -0.1) is 0 Å². The number of aromatic nitrogens is 2. The highest BCUT2D eigenvalue weighted by Crippen LogP contribution is 2.26. The first-order chi connectivity index (χ1) is 8.63. The molecule has 2 rings (SSSR count). The first-order valence-corrected chi connectivity index (χ1v) is 6.67. The Morgan fingerprint density at radius 2 is 2.28 bits per heavy atom. The van der Waals surface area contributed by atoms with Crippen molar-refractivity contribution >= 4 is 23.4 Å². The number of hydrogen-bond donors (Lipinski definition) is 1. The van der Waals surface area contributed by atoms with Gasteiger partial charge in [0.1, 0.15) is 5.82 Å². The highest BCUT2D eigenvalue weighted by Gasteiger charge is 2.10. The summed E-state index contributed by atoms with van der Waals surface area (Å²) in [6, 6.07) is 4.94. The van der Waals surface area contributed by atoms with Gasteiger partial charge in [-0.1, -0.05) is 35.5 Å². The number of hydrogen-bond acceptors (Lipinski definition) is 3. The lowest BCUT2D eigenvalue weighted by atomic mass is 10.2. The maximum atomic E-state index is 13.7. The van der Waals surface area contributed by atoms with Crippen LogP contribution in [0.25, 0.3) is 0 Å². The van der Waals surface area contributed by atoms with E-state index in [2.05, 4.69) is 4.98 Å². The molecule has 0 aliphatic carbocycles. The topological polar surface area (TPSA) is 38.0 Å². The lowest BCUT2D eigenvalue weighted by Crippen LogP contribution is -1.98. The maximum absolute atomic E-state index is 13.7. The number of benzene rings is 1. The van der Waals surface area contributed by atoms with Crippen molar-refractivity contribution in [1.82, 2.24) is 9.55 Å². The third kappa shape index (κ3) is 2.68. The van der Waals surface area contributed by atoms with Crippen LogP contribution in [-0.2, 0) is 19.4 Å². The van der Waals surface area contributed by atoms with Crippen LogP contribution in [0.2, 0.25) is 5.02 Å². The number of thioether (sulfide) groups is 1. The Labute approximate surface area is 114 Å². The van der Waals surface area contributed by atoms with Crippen molar-refractivity contribution in [1.29, 1.82) is 0 Å². The normalized spacial score (nSPS) is 10.9. The highest BCUT2D eigenvalue weighted by atomic mass is 35.5. The summed E-state index contributed by atoms with van der Waals surface area (Å²) in [7, 11) is 1.81. The molecule has 6 heteroatoms. The average molecular weight is 287 g/mol. The van der Waals surface area contributed by atoms with E-state index >= 15 is 0 Å². The molecule has 0 atom stereocenters. The van der Waals surface area contributed by atoms with Gasteiger partial charge in [0.15, 0.2) is 5.16 Å². The summed E-state index contributed by atoms with van der Waals surface area (Å²) in [4.78, 5) is 4.16. The van der Waals surface area contributed by atoms with Gasteiger partial charge >= 0.3 is 0 Å². The molecule has 96 valence electrons. The average Bonchev–Trinajstić information content (AvgIpc) is 2.72. The Morgan fingerprint density at radius 3 is 2.94 bits per heavy atom. The van der Waals surface area contributed by atoms with E-state index in [4.69, 9.17) is 16.7 Å². The van der Waals surface area contributed by atoms with E-state index in [0.29, 0.717) is 11.3 Å². The summed E-state index contributed by atoms with van der Waals surface area (Å²) in [5.41, 5.74) is 1.27. The van der Waals surface area contributed by atoms with Gasteiger partial charge in [0.05, 0.1) is 23.5 Å². The van der Waals surface area contributed by atoms with Crippen molar-refractivity contribution in [3.63, 3.8) is 0 Å². The molecule has 2 aromatic rings. The molecule has 0 fully saturated rings. The molecule has 0 radical (unpaired) electrons. The third-order valence-electron chi connectivity index (χ3n) is 2.59. The van der Waals surface area contributed by atoms with E-state index in [0.717, 1.165) is 10.9 Å². The Kier molecular flexibility index (Phi) is 4.27. The maximum Gasteiger partial charge on any atom is 0.168 e. The minimum Gasteiger partial charge on any atom is -0.390 e. The molecule has 18 heavy (non-hydrogen) atoms. The van der Waals surface area contributed by atoms with Gasteiger partial charge in [-0.2, -0.15) is 0 Å². The van der Waals surface area contributed by atoms with Gasteiger partial charge in [0.2, 0.25) is 0 Å². The number of aliphatic hydroxyl groups is 1.